The van der Waals surface area contributed by atoms with Gasteiger partial charge in [-0.05, 0) is 54.7 Å². The monoisotopic (exact) mass is 453 g/mol. The van der Waals surface area contributed by atoms with Crippen molar-refractivity contribution in [2.24, 2.45) is 0 Å². The molecule has 0 fully saturated rings. The summed E-state index contributed by atoms with van der Waals surface area (Å²) in [6, 6.07) is 15.3. The fraction of sp³-hybridized carbons (Fsp3) is 0.292. The van der Waals surface area contributed by atoms with Crippen LogP contribution in [-0.4, -0.2) is 29.6 Å². The smallest absolute Gasteiger partial charge is 0.258 e. The van der Waals surface area contributed by atoms with Crippen LogP contribution in [0.1, 0.15) is 39.4 Å². The number of rotatable bonds is 6. The van der Waals surface area contributed by atoms with E-state index in [2.05, 4.69) is 47.5 Å². The number of nitrogens with one attached hydrogen (secondary N) is 2. The third kappa shape index (κ3) is 4.40. The summed E-state index contributed by atoms with van der Waals surface area (Å²) in [7, 11) is -4.12. The number of nitrogens with zero attached hydrogens (tertiary/aromatic N) is 1. The number of H-pyrrole nitrogens is 1. The average Bonchev–Trinajstić information content (AvgIpc) is 3.08. The zero-order valence-electron chi connectivity index (χ0n) is 18.3. The summed E-state index contributed by atoms with van der Waals surface area (Å²) >= 11 is 0. The van der Waals surface area contributed by atoms with Crippen molar-refractivity contribution in [2.75, 3.05) is 0 Å². The highest BCUT2D eigenvalue weighted by molar-refractivity contribution is 7.89. The fourth-order valence-corrected chi connectivity index (χ4v) is 5.60. The van der Waals surface area contributed by atoms with Crippen molar-refractivity contribution in [3.05, 3.63) is 98.3 Å². The summed E-state index contributed by atoms with van der Waals surface area (Å²) in [6.07, 6.45) is -1.40. The van der Waals surface area contributed by atoms with Gasteiger partial charge in [0, 0.05) is 19.2 Å². The second-order valence-electron chi connectivity index (χ2n) is 8.37. The van der Waals surface area contributed by atoms with Crippen LogP contribution >= 0.6 is 0 Å². The van der Waals surface area contributed by atoms with Gasteiger partial charge in [-0.15, -0.1) is 0 Å². The lowest BCUT2D eigenvalue weighted by Gasteiger charge is -2.30. The van der Waals surface area contributed by atoms with Crippen molar-refractivity contribution in [1.82, 2.24) is 14.6 Å². The van der Waals surface area contributed by atoms with E-state index in [0.717, 1.165) is 27.8 Å². The van der Waals surface area contributed by atoms with Crippen molar-refractivity contribution in [3.63, 3.8) is 0 Å². The molecular formula is C24H27N3O4S. The minimum atomic E-state index is -4.12. The second-order valence-corrected chi connectivity index (χ2v) is 10.1. The lowest BCUT2D eigenvalue weighted by molar-refractivity contribution is 0.0445. The number of sulfonamides is 1. The first-order valence-electron chi connectivity index (χ1n) is 10.4. The molecule has 3 aromatic rings. The standard InChI is InChI=1S/C24H27N3O4S/c1-15-11-16(2)20(17(3)12-15)14-27-13-18-7-4-5-8-19(18)23(27)24(29)26-32(30,31)22-10-6-9-21(28)25-22/h4-12,23-24,26,29H,13-14H2,1-3H3,(H,25,28). The molecule has 0 spiro atoms. The van der Waals surface area contributed by atoms with Crippen LogP contribution in [0, 0.1) is 20.8 Å². The molecule has 1 aromatic heterocycles. The molecule has 2 unspecified atom stereocenters. The van der Waals surface area contributed by atoms with Gasteiger partial charge in [-0.1, -0.05) is 48.0 Å². The van der Waals surface area contributed by atoms with E-state index in [-0.39, 0.29) is 5.03 Å². The van der Waals surface area contributed by atoms with E-state index in [1.165, 1.54) is 23.8 Å². The number of hydrogen-bond acceptors (Lipinski definition) is 5. The number of pyridine rings is 1. The normalized spacial score (nSPS) is 17.3. The maximum atomic E-state index is 12.8. The number of aliphatic hydroxyl groups excluding tert-OH is 1. The van der Waals surface area contributed by atoms with Gasteiger partial charge in [0.15, 0.2) is 5.03 Å². The van der Waals surface area contributed by atoms with Gasteiger partial charge in [0.05, 0.1) is 6.04 Å². The Morgan fingerprint density at radius 3 is 2.47 bits per heavy atom. The molecule has 4 rings (SSSR count). The van der Waals surface area contributed by atoms with E-state index in [1.807, 2.05) is 24.3 Å². The predicted molar refractivity (Wildman–Crippen MR) is 122 cm³/mol. The van der Waals surface area contributed by atoms with E-state index < -0.39 is 27.9 Å². The van der Waals surface area contributed by atoms with E-state index in [0.29, 0.717) is 13.1 Å². The number of aromatic amines is 1. The van der Waals surface area contributed by atoms with E-state index in [1.54, 1.807) is 0 Å². The Hall–Kier alpha value is -2.78. The highest BCUT2D eigenvalue weighted by atomic mass is 32.2. The van der Waals surface area contributed by atoms with E-state index in [4.69, 9.17) is 0 Å². The maximum Gasteiger partial charge on any atom is 0.258 e. The first-order chi connectivity index (χ1) is 15.2. The SMILES string of the molecule is Cc1cc(C)c(CN2Cc3ccccc3C2C(O)NS(=O)(=O)c2cccc(=O)[nH]2)c(C)c1. The predicted octanol–water partition coefficient (Wildman–Crippen LogP) is 2.65. The van der Waals surface area contributed by atoms with Crippen molar-refractivity contribution in [3.8, 4) is 0 Å². The van der Waals surface area contributed by atoms with Gasteiger partial charge in [0.1, 0.15) is 6.23 Å². The Labute approximate surface area is 187 Å². The molecule has 168 valence electrons. The lowest BCUT2D eigenvalue weighted by atomic mass is 9.98. The number of aromatic nitrogens is 1. The van der Waals surface area contributed by atoms with Crippen LogP contribution in [0.5, 0.6) is 0 Å². The summed E-state index contributed by atoms with van der Waals surface area (Å²) in [4.78, 5) is 15.9. The molecule has 32 heavy (non-hydrogen) atoms. The largest absolute Gasteiger partial charge is 0.376 e. The van der Waals surface area contributed by atoms with Crippen LogP contribution in [0.15, 0.2) is 64.4 Å². The van der Waals surface area contributed by atoms with Gasteiger partial charge in [0.2, 0.25) is 5.56 Å². The summed E-state index contributed by atoms with van der Waals surface area (Å²) in [5, 5.41) is 10.8. The van der Waals surface area contributed by atoms with Gasteiger partial charge < -0.3 is 10.1 Å². The molecule has 1 aliphatic heterocycles. The highest BCUT2D eigenvalue weighted by Crippen LogP contribution is 2.37. The van der Waals surface area contributed by atoms with Crippen molar-refractivity contribution in [2.45, 2.75) is 51.2 Å². The Balaban J connectivity index is 1.67. The summed E-state index contributed by atoms with van der Waals surface area (Å²) in [6.45, 7) is 7.36. The van der Waals surface area contributed by atoms with Crippen LogP contribution in [0.25, 0.3) is 0 Å². The lowest BCUT2D eigenvalue weighted by Crippen LogP contribution is -2.44. The van der Waals surface area contributed by atoms with Crippen molar-refractivity contribution < 1.29 is 13.5 Å². The third-order valence-corrected chi connectivity index (χ3v) is 7.32. The zero-order valence-corrected chi connectivity index (χ0v) is 19.1. The Morgan fingerprint density at radius 2 is 1.78 bits per heavy atom. The highest BCUT2D eigenvalue weighted by Gasteiger charge is 2.37. The summed E-state index contributed by atoms with van der Waals surface area (Å²) < 4.78 is 28.0. The molecule has 7 nitrogen and oxygen atoms in total. The van der Waals surface area contributed by atoms with Crippen LogP contribution in [0.2, 0.25) is 0 Å². The van der Waals surface area contributed by atoms with E-state index in [9.17, 15) is 18.3 Å². The molecule has 8 heteroatoms. The number of fused-ring (bicyclic) bond motifs is 1. The topological polar surface area (TPSA) is 102 Å². The minimum Gasteiger partial charge on any atom is -0.376 e. The zero-order chi connectivity index (χ0) is 23.0. The van der Waals surface area contributed by atoms with Gasteiger partial charge in [0.25, 0.3) is 10.0 Å². The number of aryl methyl sites for hydroxylation is 3. The Morgan fingerprint density at radius 1 is 1.09 bits per heavy atom. The molecule has 0 aliphatic carbocycles. The molecule has 0 amide bonds. The molecule has 2 heterocycles. The van der Waals surface area contributed by atoms with Crippen LogP contribution < -0.4 is 10.3 Å². The molecule has 1 aliphatic rings. The Kier molecular flexibility index (Phi) is 6.05. The molecule has 2 atom stereocenters. The van der Waals surface area contributed by atoms with Gasteiger partial charge in [-0.2, -0.15) is 4.72 Å². The Bertz CT molecular complexity index is 1290. The van der Waals surface area contributed by atoms with Gasteiger partial charge in [-0.25, -0.2) is 8.42 Å². The molecular weight excluding hydrogens is 426 g/mol. The van der Waals surface area contributed by atoms with Crippen LogP contribution in [0.3, 0.4) is 0 Å². The van der Waals surface area contributed by atoms with Crippen LogP contribution in [0.4, 0.5) is 0 Å². The first-order valence-corrected chi connectivity index (χ1v) is 11.9. The molecule has 0 saturated carbocycles. The second kappa shape index (κ2) is 8.63. The number of benzene rings is 2. The first kappa shape index (κ1) is 22.4. The quantitative estimate of drug-likeness (QED) is 0.498. The molecule has 0 bridgehead atoms. The third-order valence-electron chi connectivity index (χ3n) is 5.95. The average molecular weight is 454 g/mol. The fourth-order valence-electron chi connectivity index (χ4n) is 4.54. The summed E-state index contributed by atoms with van der Waals surface area (Å²) in [5.74, 6) is 0. The number of hydrogen-bond donors (Lipinski definition) is 3. The van der Waals surface area contributed by atoms with Crippen LogP contribution in [-0.2, 0) is 23.1 Å². The van der Waals surface area contributed by atoms with E-state index >= 15 is 0 Å². The molecule has 2 aromatic carbocycles. The number of aliphatic hydroxyl groups is 1. The van der Waals surface area contributed by atoms with Crippen molar-refractivity contribution in [1.29, 1.82) is 0 Å². The molecule has 3 N–H and O–H groups in total. The molecule has 0 radical (unpaired) electrons. The summed E-state index contributed by atoms with van der Waals surface area (Å²) in [5.41, 5.74) is 6.08. The van der Waals surface area contributed by atoms with Crippen molar-refractivity contribution >= 4 is 10.0 Å². The van der Waals surface area contributed by atoms with Gasteiger partial charge in [-0.3, -0.25) is 9.69 Å². The molecule has 0 saturated heterocycles. The maximum absolute atomic E-state index is 12.8. The van der Waals surface area contributed by atoms with Gasteiger partial charge >= 0.3 is 0 Å². The minimum absolute atomic E-state index is 0.285.